The minimum absolute atomic E-state index is 0.0553. The van der Waals surface area contributed by atoms with E-state index in [2.05, 4.69) is 15.9 Å². The van der Waals surface area contributed by atoms with Gasteiger partial charge in [0.1, 0.15) is 5.75 Å². The third-order valence-electron chi connectivity index (χ3n) is 1.69. The number of carbonyl (C=O) groups is 1. The van der Waals surface area contributed by atoms with Gasteiger partial charge in [0, 0.05) is 17.5 Å². The zero-order chi connectivity index (χ0) is 11.3. The van der Waals surface area contributed by atoms with Gasteiger partial charge in [0.25, 0.3) is 0 Å². The summed E-state index contributed by atoms with van der Waals surface area (Å²) in [5.41, 5.74) is 0.170. The first-order valence-electron chi connectivity index (χ1n) is 4.41. The van der Waals surface area contributed by atoms with Crippen molar-refractivity contribution in [2.75, 3.05) is 13.2 Å². The number of hydrogen-bond acceptors (Lipinski definition) is 3. The molecule has 15 heavy (non-hydrogen) atoms. The molecular formula is C10H11BrO4. The van der Waals surface area contributed by atoms with E-state index >= 15 is 0 Å². The Bertz CT molecular complexity index is 351. The molecule has 82 valence electrons. The molecule has 0 amide bonds. The van der Waals surface area contributed by atoms with Crippen LogP contribution in [-0.4, -0.2) is 29.4 Å². The van der Waals surface area contributed by atoms with Gasteiger partial charge >= 0.3 is 5.97 Å². The maximum Gasteiger partial charge on any atom is 0.335 e. The lowest BCUT2D eigenvalue weighted by Crippen LogP contribution is -2.02. The second kappa shape index (κ2) is 5.72. The Morgan fingerprint density at radius 1 is 1.40 bits per heavy atom. The fourth-order valence-corrected chi connectivity index (χ4v) is 1.50. The zero-order valence-corrected chi connectivity index (χ0v) is 9.53. The number of halogens is 1. The minimum atomic E-state index is -0.997. The van der Waals surface area contributed by atoms with Crippen LogP contribution in [0.15, 0.2) is 22.7 Å². The van der Waals surface area contributed by atoms with Crippen molar-refractivity contribution < 1.29 is 19.7 Å². The highest BCUT2D eigenvalue weighted by Gasteiger charge is 2.06. The minimum Gasteiger partial charge on any atom is -0.493 e. The zero-order valence-electron chi connectivity index (χ0n) is 7.94. The Labute approximate surface area is 95.6 Å². The second-order valence-electron chi connectivity index (χ2n) is 2.91. The lowest BCUT2D eigenvalue weighted by atomic mass is 10.2. The molecule has 1 aromatic carbocycles. The first-order valence-corrected chi connectivity index (χ1v) is 5.20. The molecule has 1 aromatic rings. The van der Waals surface area contributed by atoms with E-state index in [4.69, 9.17) is 14.9 Å². The van der Waals surface area contributed by atoms with Crippen molar-refractivity contribution in [2.24, 2.45) is 0 Å². The summed E-state index contributed by atoms with van der Waals surface area (Å²) < 4.78 is 5.92. The van der Waals surface area contributed by atoms with Crippen LogP contribution in [0.25, 0.3) is 0 Å². The Kier molecular flexibility index (Phi) is 4.58. The molecule has 0 saturated heterocycles. The molecule has 0 bridgehead atoms. The van der Waals surface area contributed by atoms with E-state index in [1.54, 1.807) is 6.07 Å². The molecule has 0 atom stereocenters. The number of hydrogen-bond donors (Lipinski definition) is 2. The first kappa shape index (κ1) is 12.0. The summed E-state index contributed by atoms with van der Waals surface area (Å²) in [5.74, 6) is -0.515. The fourth-order valence-electron chi connectivity index (χ4n) is 1.02. The third kappa shape index (κ3) is 3.89. The van der Waals surface area contributed by atoms with Crippen molar-refractivity contribution in [2.45, 2.75) is 6.42 Å². The highest BCUT2D eigenvalue weighted by Crippen LogP contribution is 2.21. The van der Waals surface area contributed by atoms with Gasteiger partial charge in [0.15, 0.2) is 0 Å². The molecule has 0 saturated carbocycles. The van der Waals surface area contributed by atoms with Crippen molar-refractivity contribution in [1.29, 1.82) is 0 Å². The molecule has 4 nitrogen and oxygen atoms in total. The number of rotatable bonds is 5. The van der Waals surface area contributed by atoms with Crippen LogP contribution in [-0.2, 0) is 0 Å². The summed E-state index contributed by atoms with van der Waals surface area (Å²) >= 11 is 3.20. The average Bonchev–Trinajstić information content (AvgIpc) is 2.17. The van der Waals surface area contributed by atoms with Crippen LogP contribution in [0, 0.1) is 0 Å². The summed E-state index contributed by atoms with van der Waals surface area (Å²) in [6.07, 6.45) is 0.523. The number of ether oxygens (including phenoxy) is 1. The molecule has 0 aromatic heterocycles. The van der Waals surface area contributed by atoms with Gasteiger partial charge in [-0.05, 0) is 18.2 Å². The first-order chi connectivity index (χ1) is 7.13. The predicted octanol–water partition coefficient (Wildman–Crippen LogP) is 1.91. The topological polar surface area (TPSA) is 66.8 Å². The Balaban J connectivity index is 2.75. The third-order valence-corrected chi connectivity index (χ3v) is 2.15. The molecule has 0 aliphatic heterocycles. The van der Waals surface area contributed by atoms with Gasteiger partial charge in [-0.2, -0.15) is 0 Å². The van der Waals surface area contributed by atoms with E-state index in [1.807, 2.05) is 0 Å². The van der Waals surface area contributed by atoms with E-state index in [-0.39, 0.29) is 12.2 Å². The smallest absolute Gasteiger partial charge is 0.335 e. The largest absolute Gasteiger partial charge is 0.493 e. The number of benzene rings is 1. The van der Waals surface area contributed by atoms with Gasteiger partial charge < -0.3 is 14.9 Å². The molecule has 2 N–H and O–H groups in total. The molecule has 0 heterocycles. The Morgan fingerprint density at radius 3 is 2.73 bits per heavy atom. The normalized spacial score (nSPS) is 10.0. The molecule has 1 rings (SSSR count). The van der Waals surface area contributed by atoms with Gasteiger partial charge in [-0.1, -0.05) is 15.9 Å². The average molecular weight is 275 g/mol. The molecule has 5 heteroatoms. The predicted molar refractivity (Wildman–Crippen MR) is 58.3 cm³/mol. The van der Waals surface area contributed by atoms with Crippen molar-refractivity contribution in [3.05, 3.63) is 28.2 Å². The summed E-state index contributed by atoms with van der Waals surface area (Å²) in [5, 5.41) is 17.3. The maximum atomic E-state index is 10.7. The molecular weight excluding hydrogens is 264 g/mol. The quantitative estimate of drug-likeness (QED) is 0.805. The Hall–Kier alpha value is -1.07. The van der Waals surface area contributed by atoms with E-state index in [9.17, 15) is 4.79 Å². The molecule has 0 fully saturated rings. The van der Waals surface area contributed by atoms with Crippen LogP contribution < -0.4 is 4.74 Å². The van der Waals surface area contributed by atoms with Crippen molar-refractivity contribution >= 4 is 21.9 Å². The van der Waals surface area contributed by atoms with E-state index in [1.165, 1.54) is 12.1 Å². The summed E-state index contributed by atoms with van der Waals surface area (Å²) in [6, 6.07) is 4.63. The van der Waals surface area contributed by atoms with Gasteiger partial charge in [0.2, 0.25) is 0 Å². The van der Waals surface area contributed by atoms with Crippen LogP contribution in [0.4, 0.5) is 0 Å². The molecule has 0 aliphatic carbocycles. The highest BCUT2D eigenvalue weighted by molar-refractivity contribution is 9.10. The second-order valence-corrected chi connectivity index (χ2v) is 3.82. The van der Waals surface area contributed by atoms with E-state index < -0.39 is 5.97 Å². The lowest BCUT2D eigenvalue weighted by molar-refractivity contribution is 0.0696. The van der Waals surface area contributed by atoms with Gasteiger partial charge in [-0.15, -0.1) is 0 Å². The number of aromatic carboxylic acids is 1. The monoisotopic (exact) mass is 274 g/mol. The van der Waals surface area contributed by atoms with Gasteiger partial charge in [-0.25, -0.2) is 4.79 Å². The lowest BCUT2D eigenvalue weighted by Gasteiger charge is -2.06. The van der Waals surface area contributed by atoms with Crippen molar-refractivity contribution in [3.8, 4) is 5.75 Å². The van der Waals surface area contributed by atoms with Gasteiger partial charge in [0.05, 0.1) is 12.2 Å². The Morgan fingerprint density at radius 2 is 2.13 bits per heavy atom. The van der Waals surface area contributed by atoms with E-state index in [0.717, 1.165) is 0 Å². The standard InChI is InChI=1S/C10H11BrO4/c11-8-4-7(10(13)14)5-9(6-8)15-3-1-2-12/h4-6,12H,1-3H2,(H,13,14). The van der Waals surface area contributed by atoms with E-state index in [0.29, 0.717) is 23.2 Å². The molecule has 0 aliphatic rings. The number of aliphatic hydroxyl groups is 1. The van der Waals surface area contributed by atoms with Crippen LogP contribution in [0.5, 0.6) is 5.75 Å². The summed E-state index contributed by atoms with van der Waals surface area (Å²) in [6.45, 7) is 0.422. The number of carboxylic acid groups (broad SMARTS) is 1. The summed E-state index contributed by atoms with van der Waals surface area (Å²) in [4.78, 5) is 10.7. The van der Waals surface area contributed by atoms with Crippen LogP contribution in [0.1, 0.15) is 16.8 Å². The molecule has 0 radical (unpaired) electrons. The molecule has 0 spiro atoms. The summed E-state index contributed by atoms with van der Waals surface area (Å²) in [7, 11) is 0. The molecule has 0 unspecified atom stereocenters. The van der Waals surface area contributed by atoms with Gasteiger partial charge in [-0.3, -0.25) is 0 Å². The van der Waals surface area contributed by atoms with Crippen LogP contribution >= 0.6 is 15.9 Å². The number of aliphatic hydroxyl groups excluding tert-OH is 1. The van der Waals surface area contributed by atoms with Crippen LogP contribution in [0.2, 0.25) is 0 Å². The van der Waals surface area contributed by atoms with Crippen molar-refractivity contribution in [3.63, 3.8) is 0 Å². The van der Waals surface area contributed by atoms with Crippen LogP contribution in [0.3, 0.4) is 0 Å². The highest BCUT2D eigenvalue weighted by atomic mass is 79.9. The van der Waals surface area contributed by atoms with Crippen molar-refractivity contribution in [1.82, 2.24) is 0 Å². The SMILES string of the molecule is O=C(O)c1cc(Br)cc(OCCCO)c1. The maximum absolute atomic E-state index is 10.7. The fraction of sp³-hybridized carbons (Fsp3) is 0.300. The number of carboxylic acids is 1.